The van der Waals surface area contributed by atoms with Crippen LogP contribution in [-0.4, -0.2) is 28.8 Å². The largest absolute Gasteiger partial charge is 0.494 e. The number of ether oxygens (including phenoxy) is 2. The summed E-state index contributed by atoms with van der Waals surface area (Å²) in [6, 6.07) is 15.7. The second kappa shape index (κ2) is 9.97. The second-order valence-electron chi connectivity index (χ2n) is 9.70. The number of carbonyl (C=O) groups excluding carboxylic acids is 1. The number of nitrogens with one attached hydrogen (secondary N) is 1. The van der Waals surface area contributed by atoms with E-state index >= 15 is 0 Å². The molecule has 0 saturated carbocycles. The van der Waals surface area contributed by atoms with Crippen molar-refractivity contribution in [1.82, 2.24) is 15.1 Å². The number of benzene rings is 3. The van der Waals surface area contributed by atoms with Crippen molar-refractivity contribution < 1.29 is 23.0 Å². The van der Waals surface area contributed by atoms with Gasteiger partial charge in [0.2, 0.25) is 5.91 Å². The number of rotatable bonds is 7. The predicted octanol–water partition coefficient (Wildman–Crippen LogP) is 5.98. The first-order valence-corrected chi connectivity index (χ1v) is 11.6. The molecule has 1 heterocycles. The Morgan fingerprint density at radius 2 is 1.75 bits per heavy atom. The highest BCUT2D eigenvalue weighted by molar-refractivity contribution is 5.82. The van der Waals surface area contributed by atoms with Crippen LogP contribution in [0.1, 0.15) is 39.4 Å². The number of hydrogen-bond acceptors (Lipinski definition) is 4. The van der Waals surface area contributed by atoms with Crippen LogP contribution in [0.5, 0.6) is 11.5 Å². The van der Waals surface area contributed by atoms with E-state index in [1.165, 1.54) is 31.4 Å². The number of halogens is 2. The van der Waals surface area contributed by atoms with Crippen molar-refractivity contribution in [3.8, 4) is 17.2 Å². The zero-order valence-electron chi connectivity index (χ0n) is 20.9. The lowest BCUT2D eigenvalue weighted by atomic mass is 9.94. The summed E-state index contributed by atoms with van der Waals surface area (Å²) in [6.45, 7) is 7.29. The topological polar surface area (TPSA) is 65.4 Å². The summed E-state index contributed by atoms with van der Waals surface area (Å²) in [4.78, 5) is 12.7. The van der Waals surface area contributed by atoms with Gasteiger partial charge in [0.05, 0.1) is 30.6 Å². The monoisotopic (exact) mass is 493 g/mol. The van der Waals surface area contributed by atoms with Gasteiger partial charge in [0, 0.05) is 10.8 Å². The van der Waals surface area contributed by atoms with E-state index in [9.17, 15) is 13.6 Å². The van der Waals surface area contributed by atoms with Gasteiger partial charge in [-0.15, -0.1) is 0 Å². The molecule has 4 aromatic rings. The van der Waals surface area contributed by atoms with E-state index < -0.39 is 23.4 Å². The third-order valence-electron chi connectivity index (χ3n) is 5.87. The number of amides is 1. The average Bonchev–Trinajstić information content (AvgIpc) is 3.25. The van der Waals surface area contributed by atoms with E-state index in [1.807, 2.05) is 39.8 Å². The number of methoxy groups -OCH3 is 1. The fraction of sp³-hybridized carbons (Fsp3) is 0.286. The highest BCUT2D eigenvalue weighted by Gasteiger charge is 2.29. The van der Waals surface area contributed by atoms with Gasteiger partial charge in [0.25, 0.3) is 0 Å². The molecule has 0 unspecified atom stereocenters. The molecule has 36 heavy (non-hydrogen) atoms. The van der Waals surface area contributed by atoms with E-state index in [4.69, 9.17) is 9.47 Å². The molecule has 0 saturated heterocycles. The smallest absolute Gasteiger partial charge is 0.225 e. The molecular weight excluding hydrogens is 464 g/mol. The molecule has 1 N–H and O–H groups in total. The molecule has 8 heteroatoms. The van der Waals surface area contributed by atoms with E-state index in [1.54, 1.807) is 35.1 Å². The van der Waals surface area contributed by atoms with E-state index in [0.29, 0.717) is 11.3 Å². The fourth-order valence-corrected chi connectivity index (χ4v) is 3.84. The van der Waals surface area contributed by atoms with Crippen LogP contribution >= 0.6 is 0 Å². The third kappa shape index (κ3) is 5.32. The maximum absolute atomic E-state index is 14.6. The standard InChI is InChI=1S/C28H29F2N3O3/c1-17(32-27(34)28(2,3)4)26(18-6-13-25(35-5)23(30)15-18)36-22-11-12-24-19(14-22)16-31-33(24)21-9-7-20(29)8-10-21/h6-17,26H,1-5H3,(H,32,34)/t17-,26+/m0/s1. The van der Waals surface area contributed by atoms with Crippen LogP contribution in [0.15, 0.2) is 66.9 Å². The Hall–Kier alpha value is -3.94. The van der Waals surface area contributed by atoms with Gasteiger partial charge in [0.1, 0.15) is 17.7 Å². The van der Waals surface area contributed by atoms with Gasteiger partial charge in [-0.2, -0.15) is 5.10 Å². The van der Waals surface area contributed by atoms with Crippen LogP contribution in [-0.2, 0) is 4.79 Å². The van der Waals surface area contributed by atoms with Gasteiger partial charge in [-0.1, -0.05) is 26.8 Å². The van der Waals surface area contributed by atoms with Gasteiger partial charge < -0.3 is 14.8 Å². The summed E-state index contributed by atoms with van der Waals surface area (Å²) < 4.78 is 41.0. The van der Waals surface area contributed by atoms with Gasteiger partial charge in [-0.3, -0.25) is 4.79 Å². The number of carbonyl (C=O) groups is 1. The lowest BCUT2D eigenvalue weighted by molar-refractivity contribution is -0.129. The second-order valence-corrected chi connectivity index (χ2v) is 9.70. The summed E-state index contributed by atoms with van der Waals surface area (Å²) in [5, 5.41) is 8.22. The Morgan fingerprint density at radius 1 is 1.03 bits per heavy atom. The molecule has 0 fully saturated rings. The molecular formula is C28H29F2N3O3. The van der Waals surface area contributed by atoms with Gasteiger partial charge >= 0.3 is 0 Å². The lowest BCUT2D eigenvalue weighted by Gasteiger charge is -2.29. The minimum atomic E-state index is -0.679. The number of fused-ring (bicyclic) bond motifs is 1. The van der Waals surface area contributed by atoms with Crippen LogP contribution in [0, 0.1) is 17.0 Å². The fourth-order valence-electron chi connectivity index (χ4n) is 3.84. The summed E-state index contributed by atoms with van der Waals surface area (Å²) in [5.41, 5.74) is 1.50. The average molecular weight is 494 g/mol. The zero-order valence-corrected chi connectivity index (χ0v) is 20.9. The normalized spacial score (nSPS) is 13.3. The molecule has 0 bridgehead atoms. The SMILES string of the molecule is COc1ccc([C@H](Oc2ccc3c(cnn3-c3ccc(F)cc3)c2)[C@H](C)NC(=O)C(C)(C)C)cc1F. The van der Waals surface area contributed by atoms with Crippen molar-refractivity contribution in [2.24, 2.45) is 5.41 Å². The van der Waals surface area contributed by atoms with Crippen molar-refractivity contribution in [2.75, 3.05) is 7.11 Å². The number of nitrogens with zero attached hydrogens (tertiary/aromatic N) is 2. The van der Waals surface area contributed by atoms with Crippen LogP contribution in [0.4, 0.5) is 8.78 Å². The van der Waals surface area contributed by atoms with Crippen molar-refractivity contribution >= 4 is 16.8 Å². The number of aromatic nitrogens is 2. The van der Waals surface area contributed by atoms with Crippen LogP contribution in [0.3, 0.4) is 0 Å². The molecule has 3 aromatic carbocycles. The Kier molecular flexibility index (Phi) is 6.97. The molecule has 2 atom stereocenters. The molecule has 1 amide bonds. The number of hydrogen-bond donors (Lipinski definition) is 1. The Balaban J connectivity index is 1.66. The first-order chi connectivity index (χ1) is 17.1. The molecule has 1 aromatic heterocycles. The van der Waals surface area contributed by atoms with Crippen LogP contribution in [0.2, 0.25) is 0 Å². The maximum Gasteiger partial charge on any atom is 0.225 e. The Labute approximate surface area is 208 Å². The molecule has 0 radical (unpaired) electrons. The summed E-state index contributed by atoms with van der Waals surface area (Å²) in [7, 11) is 1.40. The first-order valence-electron chi connectivity index (χ1n) is 11.6. The lowest BCUT2D eigenvalue weighted by Crippen LogP contribution is -2.44. The third-order valence-corrected chi connectivity index (χ3v) is 5.87. The minimum Gasteiger partial charge on any atom is -0.494 e. The van der Waals surface area contributed by atoms with Gasteiger partial charge in [0.15, 0.2) is 11.6 Å². The van der Waals surface area contributed by atoms with Gasteiger partial charge in [-0.05, 0) is 67.1 Å². The zero-order chi connectivity index (χ0) is 26.0. The molecule has 0 spiro atoms. The summed E-state index contributed by atoms with van der Waals surface area (Å²) >= 11 is 0. The molecule has 0 aliphatic rings. The van der Waals surface area contributed by atoms with Gasteiger partial charge in [-0.25, -0.2) is 13.5 Å². The van der Waals surface area contributed by atoms with E-state index in [-0.39, 0.29) is 17.5 Å². The Morgan fingerprint density at radius 3 is 2.39 bits per heavy atom. The molecule has 188 valence electrons. The summed E-state index contributed by atoms with van der Waals surface area (Å²) in [5.74, 6) is -0.333. The van der Waals surface area contributed by atoms with Crippen LogP contribution < -0.4 is 14.8 Å². The van der Waals surface area contributed by atoms with E-state index in [0.717, 1.165) is 16.6 Å². The molecule has 4 rings (SSSR count). The molecule has 0 aliphatic heterocycles. The quantitative estimate of drug-likeness (QED) is 0.344. The van der Waals surface area contributed by atoms with Crippen molar-refractivity contribution in [3.63, 3.8) is 0 Å². The maximum atomic E-state index is 14.6. The highest BCUT2D eigenvalue weighted by Crippen LogP contribution is 2.31. The van der Waals surface area contributed by atoms with E-state index in [2.05, 4.69) is 10.4 Å². The van der Waals surface area contributed by atoms with Crippen molar-refractivity contribution in [3.05, 3.63) is 84.1 Å². The van der Waals surface area contributed by atoms with Crippen molar-refractivity contribution in [2.45, 2.75) is 39.8 Å². The first kappa shape index (κ1) is 25.2. The van der Waals surface area contributed by atoms with Crippen LogP contribution in [0.25, 0.3) is 16.6 Å². The summed E-state index contributed by atoms with van der Waals surface area (Å²) in [6.07, 6.45) is 1.01. The molecule has 0 aliphatic carbocycles. The minimum absolute atomic E-state index is 0.124. The predicted molar refractivity (Wildman–Crippen MR) is 134 cm³/mol. The molecule has 6 nitrogen and oxygen atoms in total. The highest BCUT2D eigenvalue weighted by atomic mass is 19.1. The van der Waals surface area contributed by atoms with Crippen molar-refractivity contribution in [1.29, 1.82) is 0 Å². The Bertz CT molecular complexity index is 1380.